The highest BCUT2D eigenvalue weighted by molar-refractivity contribution is 5.91. The number of pyridine rings is 1. The average molecular weight is 298 g/mol. The Hall–Kier alpha value is -1.55. The molecule has 2 aromatic heterocycles. The zero-order valence-electron chi connectivity index (χ0n) is 13.3. The van der Waals surface area contributed by atoms with Gasteiger partial charge in [0.05, 0.1) is 11.2 Å². The first kappa shape index (κ1) is 14.1. The van der Waals surface area contributed by atoms with Crippen molar-refractivity contribution < 1.29 is 0 Å². The Labute approximate surface area is 132 Å². The summed E-state index contributed by atoms with van der Waals surface area (Å²) >= 11 is 0. The molecular formula is C18H26N4. The molecule has 1 aliphatic heterocycles. The third-order valence-electron chi connectivity index (χ3n) is 5.66. The van der Waals surface area contributed by atoms with Crippen LogP contribution in [0.3, 0.4) is 0 Å². The van der Waals surface area contributed by atoms with Crippen LogP contribution < -0.4 is 10.6 Å². The summed E-state index contributed by atoms with van der Waals surface area (Å²) in [5, 5.41) is 1.30. The topological polar surface area (TPSA) is 47.1 Å². The van der Waals surface area contributed by atoms with Gasteiger partial charge in [-0.2, -0.15) is 0 Å². The van der Waals surface area contributed by atoms with Crippen LogP contribution in [0.25, 0.3) is 11.0 Å². The average Bonchev–Trinajstić information content (AvgIpc) is 3.21. The normalized spacial score (nSPS) is 21.6. The molecule has 2 aliphatic rings. The predicted molar refractivity (Wildman–Crippen MR) is 91.3 cm³/mol. The number of aromatic nitrogens is 2. The number of fused-ring (bicyclic) bond motifs is 1. The van der Waals surface area contributed by atoms with Crippen LogP contribution in [0.5, 0.6) is 0 Å². The third-order valence-corrected chi connectivity index (χ3v) is 5.66. The van der Waals surface area contributed by atoms with Crippen LogP contribution in [-0.2, 0) is 5.54 Å². The van der Waals surface area contributed by atoms with E-state index in [1.807, 2.05) is 6.20 Å². The summed E-state index contributed by atoms with van der Waals surface area (Å²) in [4.78, 5) is 7.26. The Morgan fingerprint density at radius 2 is 1.86 bits per heavy atom. The van der Waals surface area contributed by atoms with E-state index in [9.17, 15) is 0 Å². The van der Waals surface area contributed by atoms with Crippen molar-refractivity contribution in [1.29, 1.82) is 0 Å². The Balaban J connectivity index is 1.85. The quantitative estimate of drug-likeness (QED) is 0.946. The third kappa shape index (κ3) is 2.12. The molecule has 22 heavy (non-hydrogen) atoms. The van der Waals surface area contributed by atoms with Crippen LogP contribution in [-0.4, -0.2) is 29.2 Å². The van der Waals surface area contributed by atoms with Crippen molar-refractivity contribution in [3.05, 3.63) is 24.5 Å². The van der Waals surface area contributed by atoms with Crippen LogP contribution in [0.15, 0.2) is 24.5 Å². The molecule has 2 fully saturated rings. The molecule has 0 aromatic carbocycles. The fourth-order valence-corrected chi connectivity index (χ4v) is 4.37. The van der Waals surface area contributed by atoms with Gasteiger partial charge in [-0.25, -0.2) is 4.98 Å². The van der Waals surface area contributed by atoms with Gasteiger partial charge in [-0.15, -0.1) is 0 Å². The molecule has 0 atom stereocenters. The smallest absolute Gasteiger partial charge is 0.142 e. The van der Waals surface area contributed by atoms with Gasteiger partial charge < -0.3 is 15.2 Å². The molecule has 1 saturated heterocycles. The summed E-state index contributed by atoms with van der Waals surface area (Å²) in [6.07, 6.45) is 13.2. The standard InChI is InChI=1S/C18H26N4/c19-14-18(8-2-3-9-18)22-13-16(21-11-4-1-5-12-21)15-7-6-10-20-17(15)22/h6-7,10,13H,1-5,8-9,11-12,14,19H2. The minimum Gasteiger partial charge on any atom is -0.370 e. The van der Waals surface area contributed by atoms with Crippen LogP contribution in [0.4, 0.5) is 5.69 Å². The number of piperidine rings is 1. The van der Waals surface area contributed by atoms with Gasteiger partial charge in [0.2, 0.25) is 0 Å². The van der Waals surface area contributed by atoms with Crippen molar-refractivity contribution in [3.63, 3.8) is 0 Å². The van der Waals surface area contributed by atoms with Crippen LogP contribution >= 0.6 is 0 Å². The Bertz CT molecular complexity index is 648. The predicted octanol–water partition coefficient (Wildman–Crippen LogP) is 3.25. The van der Waals surface area contributed by atoms with Gasteiger partial charge in [0.15, 0.2) is 0 Å². The van der Waals surface area contributed by atoms with Crippen molar-refractivity contribution in [2.45, 2.75) is 50.5 Å². The molecular weight excluding hydrogens is 272 g/mol. The fourth-order valence-electron chi connectivity index (χ4n) is 4.37. The van der Waals surface area contributed by atoms with E-state index in [1.165, 1.54) is 69.1 Å². The van der Waals surface area contributed by atoms with E-state index in [0.29, 0.717) is 6.54 Å². The Kier molecular flexibility index (Phi) is 3.57. The number of hydrogen-bond acceptors (Lipinski definition) is 3. The molecule has 2 aromatic rings. The molecule has 1 aliphatic carbocycles. The van der Waals surface area contributed by atoms with E-state index in [0.717, 1.165) is 5.65 Å². The number of nitrogens with zero attached hydrogens (tertiary/aromatic N) is 3. The van der Waals surface area contributed by atoms with Crippen molar-refractivity contribution in [2.75, 3.05) is 24.5 Å². The van der Waals surface area contributed by atoms with E-state index in [2.05, 4.69) is 27.8 Å². The van der Waals surface area contributed by atoms with Crippen LogP contribution in [0.2, 0.25) is 0 Å². The second-order valence-electron chi connectivity index (χ2n) is 6.94. The monoisotopic (exact) mass is 298 g/mol. The molecule has 0 unspecified atom stereocenters. The molecule has 4 nitrogen and oxygen atoms in total. The maximum atomic E-state index is 6.22. The number of anilines is 1. The van der Waals surface area contributed by atoms with Crippen molar-refractivity contribution in [1.82, 2.24) is 9.55 Å². The highest BCUT2D eigenvalue weighted by Crippen LogP contribution is 2.41. The molecule has 0 amide bonds. The minimum absolute atomic E-state index is 0.0840. The van der Waals surface area contributed by atoms with E-state index in [-0.39, 0.29) is 5.54 Å². The largest absolute Gasteiger partial charge is 0.370 e. The minimum atomic E-state index is 0.0840. The van der Waals surface area contributed by atoms with Crippen molar-refractivity contribution >= 4 is 16.7 Å². The van der Waals surface area contributed by atoms with Crippen LogP contribution in [0.1, 0.15) is 44.9 Å². The van der Waals surface area contributed by atoms with Gasteiger partial charge in [-0.05, 0) is 44.2 Å². The Morgan fingerprint density at radius 3 is 2.59 bits per heavy atom. The zero-order chi connectivity index (χ0) is 15.0. The molecule has 118 valence electrons. The molecule has 2 N–H and O–H groups in total. The fraction of sp³-hybridized carbons (Fsp3) is 0.611. The second-order valence-corrected chi connectivity index (χ2v) is 6.94. The van der Waals surface area contributed by atoms with Gasteiger partial charge in [-0.1, -0.05) is 12.8 Å². The lowest BCUT2D eigenvalue weighted by atomic mass is 9.97. The van der Waals surface area contributed by atoms with Gasteiger partial charge in [0, 0.05) is 37.4 Å². The molecule has 3 heterocycles. The summed E-state index contributed by atoms with van der Waals surface area (Å²) < 4.78 is 2.42. The first-order chi connectivity index (χ1) is 10.8. The summed E-state index contributed by atoms with van der Waals surface area (Å²) in [6, 6.07) is 4.28. The van der Waals surface area contributed by atoms with E-state index in [4.69, 9.17) is 10.7 Å². The molecule has 4 heteroatoms. The lowest BCUT2D eigenvalue weighted by Gasteiger charge is -2.31. The molecule has 1 saturated carbocycles. The van der Waals surface area contributed by atoms with Crippen molar-refractivity contribution in [3.8, 4) is 0 Å². The number of hydrogen-bond donors (Lipinski definition) is 1. The maximum absolute atomic E-state index is 6.22. The molecule has 0 bridgehead atoms. The molecule has 0 spiro atoms. The Morgan fingerprint density at radius 1 is 1.09 bits per heavy atom. The highest BCUT2D eigenvalue weighted by Gasteiger charge is 2.36. The lowest BCUT2D eigenvalue weighted by Crippen LogP contribution is -2.38. The number of nitrogens with two attached hydrogens (primary N) is 1. The SMILES string of the molecule is NCC1(n2cc(N3CCCCC3)c3cccnc32)CCCC1. The zero-order valence-corrected chi connectivity index (χ0v) is 13.3. The van der Waals surface area contributed by atoms with E-state index < -0.39 is 0 Å². The first-order valence-electron chi connectivity index (χ1n) is 8.76. The van der Waals surface area contributed by atoms with E-state index in [1.54, 1.807) is 0 Å². The maximum Gasteiger partial charge on any atom is 0.142 e. The van der Waals surface area contributed by atoms with Crippen LogP contribution in [0, 0.1) is 0 Å². The van der Waals surface area contributed by atoms with Gasteiger partial charge in [0.25, 0.3) is 0 Å². The van der Waals surface area contributed by atoms with Crippen molar-refractivity contribution in [2.24, 2.45) is 5.73 Å². The lowest BCUT2D eigenvalue weighted by molar-refractivity contribution is 0.312. The van der Waals surface area contributed by atoms with Gasteiger partial charge >= 0.3 is 0 Å². The second kappa shape index (κ2) is 5.58. The van der Waals surface area contributed by atoms with Gasteiger partial charge in [0.1, 0.15) is 5.65 Å². The highest BCUT2D eigenvalue weighted by atomic mass is 15.2. The number of rotatable bonds is 3. The summed E-state index contributed by atoms with van der Waals surface area (Å²) in [7, 11) is 0. The molecule has 0 radical (unpaired) electrons. The van der Waals surface area contributed by atoms with Gasteiger partial charge in [-0.3, -0.25) is 0 Å². The summed E-state index contributed by atoms with van der Waals surface area (Å²) in [5.74, 6) is 0. The van der Waals surface area contributed by atoms with E-state index >= 15 is 0 Å². The first-order valence-corrected chi connectivity index (χ1v) is 8.76. The summed E-state index contributed by atoms with van der Waals surface area (Å²) in [6.45, 7) is 3.06. The summed E-state index contributed by atoms with van der Waals surface area (Å²) in [5.41, 5.74) is 8.79. The molecule has 4 rings (SSSR count).